The molecule has 19 rings (SSSR count). The average molecular weight is 1100 g/mol. The predicted octanol–water partition coefficient (Wildman–Crippen LogP) is 22.4. The maximum Gasteiger partial charge on any atom is 0.0627 e. The molecule has 0 aliphatic carbocycles. The first-order valence-corrected chi connectivity index (χ1v) is 30.4. The first-order valence-electron chi connectivity index (χ1n) is 30.4. The molecule has 0 saturated carbocycles. The van der Waals surface area contributed by atoms with Crippen molar-refractivity contribution in [1.29, 1.82) is 0 Å². The zero-order chi connectivity index (χ0) is 57.2. The van der Waals surface area contributed by atoms with Crippen LogP contribution in [-0.4, -0.2) is 17.9 Å². The zero-order valence-electron chi connectivity index (χ0n) is 48.9. The largest absolute Gasteiger partial charge is 0.309 e. The van der Waals surface area contributed by atoms with Gasteiger partial charge in [0.25, 0.3) is 0 Å². The van der Waals surface area contributed by atoms with E-state index in [0.717, 1.165) is 11.4 Å². The average Bonchev–Trinajstić information content (AvgIpc) is 1.52. The van der Waals surface area contributed by atoms with Gasteiger partial charge in [-0.2, -0.15) is 0 Å². The van der Waals surface area contributed by atoms with Crippen molar-refractivity contribution in [3.05, 3.63) is 254 Å². The van der Waals surface area contributed by atoms with E-state index in [0.29, 0.717) is 0 Å². The van der Waals surface area contributed by atoms with E-state index >= 15 is 0 Å². The molecule has 0 aliphatic heterocycles. The normalized spacial score (nSPS) is 13.0. The smallest absolute Gasteiger partial charge is 0.0627 e. The molecule has 406 valence electrons. The molecule has 0 fully saturated rings. The van der Waals surface area contributed by atoms with Gasteiger partial charge in [-0.15, -0.1) is 0 Å². The van der Waals surface area contributed by atoms with E-state index in [-0.39, 0.29) is 10.8 Å². The number of benzene rings is 13. The summed E-state index contributed by atoms with van der Waals surface area (Å²) in [5, 5.41) is 20.5. The Hall–Kier alpha value is -10.4. The van der Waals surface area contributed by atoms with Crippen molar-refractivity contribution in [2.45, 2.75) is 52.4 Å². The van der Waals surface area contributed by atoms with Crippen molar-refractivity contribution in [2.75, 3.05) is 0 Å². The first kappa shape index (κ1) is 48.0. The quantitative estimate of drug-likeness (QED) is 0.167. The molecule has 0 bridgehead atoms. The van der Waals surface area contributed by atoms with Crippen LogP contribution in [0.4, 0.5) is 0 Å². The van der Waals surface area contributed by atoms with E-state index < -0.39 is 0 Å². The Bertz CT molecular complexity index is 5750. The van der Waals surface area contributed by atoms with E-state index in [1.165, 1.54) is 175 Å². The van der Waals surface area contributed by atoms with Crippen molar-refractivity contribution in [1.82, 2.24) is 17.9 Å². The Labute approximate surface area is 496 Å². The molecule has 6 aromatic heterocycles. The van der Waals surface area contributed by atoms with Crippen molar-refractivity contribution < 1.29 is 0 Å². The summed E-state index contributed by atoms with van der Waals surface area (Å²) >= 11 is 0. The van der Waals surface area contributed by atoms with Crippen LogP contribution in [0.2, 0.25) is 0 Å². The van der Waals surface area contributed by atoms with Crippen molar-refractivity contribution in [3.63, 3.8) is 0 Å². The number of hydrogen-bond donors (Lipinski definition) is 0. The van der Waals surface area contributed by atoms with Gasteiger partial charge in [0.1, 0.15) is 0 Å². The third-order valence-corrected chi connectivity index (χ3v) is 19.6. The van der Waals surface area contributed by atoms with Crippen molar-refractivity contribution in [3.8, 4) is 33.6 Å². The van der Waals surface area contributed by atoms with Crippen molar-refractivity contribution in [2.24, 2.45) is 0 Å². The van der Waals surface area contributed by atoms with Crippen LogP contribution in [0.3, 0.4) is 0 Å². The molecule has 4 heteroatoms. The minimum absolute atomic E-state index is 0.113. The number of aromatic nitrogens is 4. The number of para-hydroxylation sites is 4. The Morgan fingerprint density at radius 2 is 0.593 bits per heavy atom. The van der Waals surface area contributed by atoms with E-state index in [1.807, 2.05) is 0 Å². The van der Waals surface area contributed by atoms with Gasteiger partial charge >= 0.3 is 0 Å². The molecule has 0 amide bonds. The molecule has 6 heterocycles. The summed E-state index contributed by atoms with van der Waals surface area (Å²) in [4.78, 5) is 0. The van der Waals surface area contributed by atoms with Gasteiger partial charge in [-0.1, -0.05) is 175 Å². The fourth-order valence-corrected chi connectivity index (χ4v) is 15.7. The molecule has 0 spiro atoms. The molecule has 13 aromatic carbocycles. The summed E-state index contributed by atoms with van der Waals surface area (Å²) in [7, 11) is 0. The molecule has 4 nitrogen and oxygen atoms in total. The molecule has 0 radical (unpaired) electrons. The van der Waals surface area contributed by atoms with Crippen LogP contribution in [0.1, 0.15) is 52.7 Å². The van der Waals surface area contributed by atoms with Gasteiger partial charge in [0.15, 0.2) is 0 Å². The highest BCUT2D eigenvalue weighted by Gasteiger charge is 2.31. The predicted molar refractivity (Wildman–Crippen MR) is 368 cm³/mol. The Kier molecular flexibility index (Phi) is 9.31. The lowest BCUT2D eigenvalue weighted by Gasteiger charge is -2.21. The molecule has 0 N–H and O–H groups in total. The van der Waals surface area contributed by atoms with Gasteiger partial charge in [0.05, 0.1) is 55.2 Å². The number of fused-ring (bicyclic) bond motifs is 23. The van der Waals surface area contributed by atoms with E-state index in [1.54, 1.807) is 0 Å². The summed E-state index contributed by atoms with van der Waals surface area (Å²) in [6.07, 6.45) is 0. The SMILES string of the molecule is CC(C)(C)c1cc(-c2ccc3c(c2)c2ccccc2n3-c2ccccc2)c2c(c1)c1c3ccccc3cc3c4c5c6cc7ccccc7c7c8cc(C(C)(C)C)cc(-c9ccc%10c(c9)c9ccccc9n%10-c9ccccc9)c8n(c5ccc4n2c31)c67. The van der Waals surface area contributed by atoms with E-state index in [9.17, 15) is 0 Å². The highest BCUT2D eigenvalue weighted by Crippen LogP contribution is 2.53. The van der Waals surface area contributed by atoms with Gasteiger partial charge in [-0.3, -0.25) is 0 Å². The number of rotatable bonds is 4. The lowest BCUT2D eigenvalue weighted by molar-refractivity contribution is 0.591. The summed E-state index contributed by atoms with van der Waals surface area (Å²) < 4.78 is 10.2. The lowest BCUT2D eigenvalue weighted by Crippen LogP contribution is -2.11. The number of hydrogen-bond acceptors (Lipinski definition) is 0. The molecular formula is C82H58N4. The summed E-state index contributed by atoms with van der Waals surface area (Å²) in [6.45, 7) is 14.2. The van der Waals surface area contributed by atoms with Crippen LogP contribution in [0.15, 0.2) is 243 Å². The maximum absolute atomic E-state index is 2.67. The monoisotopic (exact) mass is 1100 g/mol. The standard InChI is InChI=1S/C82H58N4/c1-81(2,3)51-43-59(49-33-35-69-61(39-49)57-29-17-19-31-67(57)83(69)53-23-9-7-10-24-53)77-65(45-51)73-55-27-15-13-21-47(55)41-63-75-71(85(77)79(63)73)37-38-72-76(75)64-42-48-22-14-16-28-56(48)74-66-46-52(82(4,5)6)44-60(78(66)86(72)80(64)74)50-34-36-70-62(40-50)58-30-18-20-32-68(58)84(70)54-25-11-8-12-26-54/h7-46H,1-6H3. The second kappa shape index (κ2) is 16.7. The Morgan fingerprint density at radius 1 is 0.244 bits per heavy atom. The molecule has 0 atom stereocenters. The fourth-order valence-electron chi connectivity index (χ4n) is 15.7. The minimum atomic E-state index is -0.113. The molecule has 0 saturated heterocycles. The number of nitrogens with zero attached hydrogens (tertiary/aromatic N) is 4. The van der Waals surface area contributed by atoms with Crippen LogP contribution in [0.5, 0.6) is 0 Å². The van der Waals surface area contributed by atoms with Crippen LogP contribution < -0.4 is 0 Å². The van der Waals surface area contributed by atoms with Crippen LogP contribution in [0, 0.1) is 0 Å². The van der Waals surface area contributed by atoms with Crippen LogP contribution in [0.25, 0.3) is 175 Å². The maximum atomic E-state index is 2.67. The molecular weight excluding hydrogens is 1040 g/mol. The van der Waals surface area contributed by atoms with E-state index in [4.69, 9.17) is 0 Å². The lowest BCUT2D eigenvalue weighted by atomic mass is 9.83. The zero-order valence-corrected chi connectivity index (χ0v) is 48.9. The van der Waals surface area contributed by atoms with Crippen LogP contribution in [-0.2, 0) is 10.8 Å². The first-order chi connectivity index (χ1) is 42.0. The second-order valence-electron chi connectivity index (χ2n) is 26.4. The van der Waals surface area contributed by atoms with Gasteiger partial charge in [-0.05, 0) is 164 Å². The van der Waals surface area contributed by atoms with Crippen molar-refractivity contribution >= 4 is 141 Å². The van der Waals surface area contributed by atoms with Gasteiger partial charge in [-0.25, -0.2) is 0 Å². The minimum Gasteiger partial charge on any atom is -0.309 e. The van der Waals surface area contributed by atoms with Gasteiger partial charge in [0.2, 0.25) is 0 Å². The molecule has 0 aliphatic rings. The highest BCUT2D eigenvalue weighted by molar-refractivity contribution is 6.41. The third-order valence-electron chi connectivity index (χ3n) is 19.6. The third kappa shape index (κ3) is 6.27. The molecule has 86 heavy (non-hydrogen) atoms. The van der Waals surface area contributed by atoms with Crippen LogP contribution >= 0.6 is 0 Å². The molecule has 0 unspecified atom stereocenters. The summed E-state index contributed by atoms with van der Waals surface area (Å²) in [6, 6.07) is 92.2. The Morgan fingerprint density at radius 3 is 1.01 bits per heavy atom. The topological polar surface area (TPSA) is 18.7 Å². The van der Waals surface area contributed by atoms with Gasteiger partial charge < -0.3 is 17.9 Å². The summed E-state index contributed by atoms with van der Waals surface area (Å²) in [5.41, 5.74) is 22.0. The fraction of sp³-hybridized carbons (Fsp3) is 0.0976. The summed E-state index contributed by atoms with van der Waals surface area (Å²) in [5.74, 6) is 0. The Balaban J connectivity index is 0.965. The van der Waals surface area contributed by atoms with Gasteiger partial charge in [0, 0.05) is 87.1 Å². The highest BCUT2D eigenvalue weighted by atomic mass is 15.0. The second-order valence-corrected chi connectivity index (χ2v) is 26.4. The molecule has 19 aromatic rings. The van der Waals surface area contributed by atoms with E-state index in [2.05, 4.69) is 302 Å².